The largest absolute Gasteiger partial charge is 0.399 e. The van der Waals surface area contributed by atoms with E-state index < -0.39 is 0 Å². The first-order valence-corrected chi connectivity index (χ1v) is 5.87. The SMILES string of the molecule is Cc1c(N)cccc1CNc1ccc2nnnn2n1. The van der Waals surface area contributed by atoms with E-state index in [0.29, 0.717) is 18.0 Å². The molecule has 96 valence electrons. The van der Waals surface area contributed by atoms with Crippen molar-refractivity contribution >= 4 is 17.2 Å². The monoisotopic (exact) mass is 255 g/mol. The normalized spacial score (nSPS) is 10.8. The molecule has 0 radical (unpaired) electrons. The first kappa shape index (κ1) is 11.4. The highest BCUT2D eigenvalue weighted by molar-refractivity contribution is 5.51. The highest BCUT2D eigenvalue weighted by Crippen LogP contribution is 2.16. The quantitative estimate of drug-likeness (QED) is 0.679. The molecule has 7 heteroatoms. The van der Waals surface area contributed by atoms with Crippen molar-refractivity contribution in [1.29, 1.82) is 0 Å². The number of nitrogens with one attached hydrogen (secondary N) is 1. The molecule has 0 aliphatic heterocycles. The second kappa shape index (κ2) is 4.52. The van der Waals surface area contributed by atoms with Crippen molar-refractivity contribution in [3.8, 4) is 0 Å². The lowest BCUT2D eigenvalue weighted by Crippen LogP contribution is -2.06. The van der Waals surface area contributed by atoms with E-state index in [1.165, 1.54) is 4.63 Å². The van der Waals surface area contributed by atoms with Crippen molar-refractivity contribution in [3.05, 3.63) is 41.5 Å². The smallest absolute Gasteiger partial charge is 0.200 e. The zero-order valence-electron chi connectivity index (χ0n) is 10.4. The Morgan fingerprint density at radius 2 is 2.16 bits per heavy atom. The Balaban J connectivity index is 1.80. The molecule has 3 aromatic rings. The molecule has 0 aliphatic rings. The van der Waals surface area contributed by atoms with E-state index in [4.69, 9.17) is 5.73 Å². The van der Waals surface area contributed by atoms with Crippen molar-refractivity contribution in [2.24, 2.45) is 0 Å². The van der Waals surface area contributed by atoms with Crippen LogP contribution in [-0.4, -0.2) is 25.3 Å². The van der Waals surface area contributed by atoms with Gasteiger partial charge in [0, 0.05) is 12.2 Å². The number of hydrogen-bond donors (Lipinski definition) is 2. The molecule has 0 aliphatic carbocycles. The number of rotatable bonds is 3. The highest BCUT2D eigenvalue weighted by Gasteiger charge is 2.03. The van der Waals surface area contributed by atoms with Crippen molar-refractivity contribution in [3.63, 3.8) is 0 Å². The standard InChI is InChI=1S/C12H13N7/c1-8-9(3-2-4-10(8)13)7-14-11-5-6-12-15-17-18-19(12)16-11/h2-6H,7,13H2,1H3,(H,14,16). The third-order valence-electron chi connectivity index (χ3n) is 3.02. The van der Waals surface area contributed by atoms with Crippen molar-refractivity contribution in [1.82, 2.24) is 25.3 Å². The lowest BCUT2D eigenvalue weighted by Gasteiger charge is -2.09. The van der Waals surface area contributed by atoms with E-state index in [9.17, 15) is 0 Å². The molecule has 0 bridgehead atoms. The van der Waals surface area contributed by atoms with Crippen LogP contribution in [0.2, 0.25) is 0 Å². The molecule has 3 N–H and O–H groups in total. The van der Waals surface area contributed by atoms with Gasteiger partial charge in [-0.05, 0) is 46.7 Å². The van der Waals surface area contributed by atoms with Crippen molar-refractivity contribution in [2.45, 2.75) is 13.5 Å². The fourth-order valence-electron chi connectivity index (χ4n) is 1.82. The zero-order valence-corrected chi connectivity index (χ0v) is 10.4. The molecule has 0 atom stereocenters. The highest BCUT2D eigenvalue weighted by atomic mass is 15.6. The van der Waals surface area contributed by atoms with Gasteiger partial charge in [0.15, 0.2) is 5.65 Å². The lowest BCUT2D eigenvalue weighted by molar-refractivity contribution is 0.734. The fourth-order valence-corrected chi connectivity index (χ4v) is 1.82. The summed E-state index contributed by atoms with van der Waals surface area (Å²) in [6.07, 6.45) is 0. The minimum Gasteiger partial charge on any atom is -0.399 e. The molecule has 0 spiro atoms. The van der Waals surface area contributed by atoms with Crippen LogP contribution in [0.1, 0.15) is 11.1 Å². The van der Waals surface area contributed by atoms with Gasteiger partial charge in [-0.25, -0.2) is 0 Å². The van der Waals surface area contributed by atoms with Gasteiger partial charge < -0.3 is 11.1 Å². The predicted molar refractivity (Wildman–Crippen MR) is 71.5 cm³/mol. The third kappa shape index (κ3) is 2.17. The van der Waals surface area contributed by atoms with E-state index in [1.807, 2.05) is 37.3 Å². The van der Waals surface area contributed by atoms with Gasteiger partial charge in [0.1, 0.15) is 5.82 Å². The second-order valence-corrected chi connectivity index (χ2v) is 4.23. The third-order valence-corrected chi connectivity index (χ3v) is 3.02. The van der Waals surface area contributed by atoms with Gasteiger partial charge in [-0.1, -0.05) is 12.1 Å². The van der Waals surface area contributed by atoms with Crippen LogP contribution in [0, 0.1) is 6.92 Å². The number of fused-ring (bicyclic) bond motifs is 1. The molecule has 2 heterocycles. The molecular formula is C12H13N7. The molecule has 0 unspecified atom stereocenters. The molecule has 0 fully saturated rings. The number of nitrogens with two attached hydrogens (primary N) is 1. The minimum atomic E-state index is 0.616. The van der Waals surface area contributed by atoms with Crippen LogP contribution in [0.15, 0.2) is 30.3 Å². The summed E-state index contributed by atoms with van der Waals surface area (Å²) in [6, 6.07) is 9.52. The Morgan fingerprint density at radius 3 is 3.05 bits per heavy atom. The average molecular weight is 255 g/mol. The van der Waals surface area contributed by atoms with E-state index in [-0.39, 0.29) is 0 Å². The summed E-state index contributed by atoms with van der Waals surface area (Å²) < 4.78 is 1.38. The number of benzene rings is 1. The van der Waals surface area contributed by atoms with E-state index >= 15 is 0 Å². The van der Waals surface area contributed by atoms with E-state index in [0.717, 1.165) is 16.8 Å². The molecule has 19 heavy (non-hydrogen) atoms. The van der Waals surface area contributed by atoms with Crippen LogP contribution in [0.4, 0.5) is 11.5 Å². The Bertz CT molecular complexity index is 719. The molecule has 0 saturated heterocycles. The Morgan fingerprint density at radius 1 is 1.26 bits per heavy atom. The first-order valence-electron chi connectivity index (χ1n) is 5.87. The first-order chi connectivity index (χ1) is 9.24. The Kier molecular flexibility index (Phi) is 2.71. The summed E-state index contributed by atoms with van der Waals surface area (Å²) >= 11 is 0. The summed E-state index contributed by atoms with van der Waals surface area (Å²) in [4.78, 5) is 0. The number of tetrazole rings is 1. The van der Waals surface area contributed by atoms with Crippen LogP contribution < -0.4 is 11.1 Å². The summed E-state index contributed by atoms with van der Waals surface area (Å²) in [5.74, 6) is 0.710. The average Bonchev–Trinajstić information content (AvgIpc) is 2.88. The van der Waals surface area contributed by atoms with Crippen molar-refractivity contribution < 1.29 is 0 Å². The molecule has 3 rings (SSSR count). The lowest BCUT2D eigenvalue weighted by atomic mass is 10.1. The van der Waals surface area contributed by atoms with Gasteiger partial charge in [0.25, 0.3) is 0 Å². The number of anilines is 2. The summed E-state index contributed by atoms with van der Waals surface area (Å²) in [6.45, 7) is 2.65. The fraction of sp³-hybridized carbons (Fsp3) is 0.167. The topological polar surface area (TPSA) is 94.0 Å². The molecule has 0 amide bonds. The number of nitrogen functional groups attached to an aromatic ring is 1. The van der Waals surface area contributed by atoms with Gasteiger partial charge >= 0.3 is 0 Å². The number of hydrogen-bond acceptors (Lipinski definition) is 6. The maximum atomic E-state index is 5.88. The van der Waals surface area contributed by atoms with E-state index in [2.05, 4.69) is 25.9 Å². The predicted octanol–water partition coefficient (Wildman–Crippen LogP) is 1.02. The second-order valence-electron chi connectivity index (χ2n) is 4.23. The molecule has 2 aromatic heterocycles. The van der Waals surface area contributed by atoms with Crippen LogP contribution in [-0.2, 0) is 6.54 Å². The van der Waals surface area contributed by atoms with Crippen molar-refractivity contribution in [2.75, 3.05) is 11.1 Å². The summed E-state index contributed by atoms with van der Waals surface area (Å²) in [5.41, 5.74) is 9.51. The summed E-state index contributed by atoms with van der Waals surface area (Å²) in [5, 5.41) is 18.6. The van der Waals surface area contributed by atoms with Crippen LogP contribution in [0.25, 0.3) is 5.65 Å². The van der Waals surface area contributed by atoms with Gasteiger partial charge in [0.05, 0.1) is 0 Å². The molecule has 1 aromatic carbocycles. The number of aromatic nitrogens is 5. The Hall–Kier alpha value is -2.70. The maximum Gasteiger partial charge on any atom is 0.200 e. The number of nitrogens with zero attached hydrogens (tertiary/aromatic N) is 5. The van der Waals surface area contributed by atoms with Gasteiger partial charge in [0.2, 0.25) is 0 Å². The molecule has 0 saturated carbocycles. The summed E-state index contributed by atoms with van der Waals surface area (Å²) in [7, 11) is 0. The van der Waals surface area contributed by atoms with Gasteiger partial charge in [-0.15, -0.1) is 14.8 Å². The maximum absolute atomic E-state index is 5.88. The van der Waals surface area contributed by atoms with Crippen LogP contribution >= 0.6 is 0 Å². The Labute approximate surface area is 109 Å². The van der Waals surface area contributed by atoms with Gasteiger partial charge in [-0.2, -0.15) is 0 Å². The minimum absolute atomic E-state index is 0.616. The zero-order chi connectivity index (χ0) is 13.2. The molecule has 7 nitrogen and oxygen atoms in total. The van der Waals surface area contributed by atoms with Gasteiger partial charge in [-0.3, -0.25) is 0 Å². The molecular weight excluding hydrogens is 242 g/mol. The van der Waals surface area contributed by atoms with E-state index in [1.54, 1.807) is 0 Å². The van der Waals surface area contributed by atoms with Crippen LogP contribution in [0.3, 0.4) is 0 Å². The van der Waals surface area contributed by atoms with Crippen LogP contribution in [0.5, 0.6) is 0 Å².